The SMILES string of the molecule is Cc1cccc(C2CC2)c1Oc1nnc(Cl)cc1OC(=O)N1C(C)(C)CCCC1(C)C. The summed E-state index contributed by atoms with van der Waals surface area (Å²) >= 11 is 6.09. The first-order valence-electron chi connectivity index (χ1n) is 10.9. The summed E-state index contributed by atoms with van der Waals surface area (Å²) in [5.74, 6) is 1.56. The van der Waals surface area contributed by atoms with E-state index in [-0.39, 0.29) is 27.9 Å². The normalized spacial score (nSPS) is 19.7. The quantitative estimate of drug-likeness (QED) is 0.529. The molecular weight excluding hydrogens is 414 g/mol. The first-order valence-corrected chi connectivity index (χ1v) is 11.3. The lowest BCUT2D eigenvalue weighted by atomic mass is 9.80. The number of amides is 1. The summed E-state index contributed by atoms with van der Waals surface area (Å²) in [4.78, 5) is 15.1. The summed E-state index contributed by atoms with van der Waals surface area (Å²) in [5.41, 5.74) is 1.50. The highest BCUT2D eigenvalue weighted by atomic mass is 35.5. The van der Waals surface area contributed by atoms with E-state index in [1.54, 1.807) is 0 Å². The van der Waals surface area contributed by atoms with Gasteiger partial charge in [0.25, 0.3) is 5.88 Å². The number of aryl methyl sites for hydroxylation is 1. The maximum absolute atomic E-state index is 13.3. The number of halogens is 1. The summed E-state index contributed by atoms with van der Waals surface area (Å²) in [6.45, 7) is 10.3. The number of hydrogen-bond acceptors (Lipinski definition) is 5. The predicted octanol–water partition coefficient (Wildman–Crippen LogP) is 6.65. The van der Waals surface area contributed by atoms with Gasteiger partial charge in [-0.3, -0.25) is 4.90 Å². The molecule has 4 rings (SSSR count). The van der Waals surface area contributed by atoms with Gasteiger partial charge in [-0.2, -0.15) is 0 Å². The van der Waals surface area contributed by atoms with Crippen LogP contribution in [0.5, 0.6) is 17.4 Å². The molecule has 1 saturated heterocycles. The van der Waals surface area contributed by atoms with Gasteiger partial charge in [0.15, 0.2) is 10.9 Å². The highest BCUT2D eigenvalue weighted by Gasteiger charge is 2.45. The molecule has 2 fully saturated rings. The van der Waals surface area contributed by atoms with E-state index in [0.29, 0.717) is 5.92 Å². The zero-order chi connectivity index (χ0) is 22.4. The van der Waals surface area contributed by atoms with Crippen LogP contribution in [0.3, 0.4) is 0 Å². The Kier molecular flexibility index (Phi) is 5.63. The molecule has 0 unspecified atom stereocenters. The third kappa shape index (κ3) is 4.49. The molecule has 0 spiro atoms. The van der Waals surface area contributed by atoms with E-state index in [1.807, 2.05) is 24.0 Å². The summed E-state index contributed by atoms with van der Waals surface area (Å²) in [6.07, 6.45) is 4.75. The minimum absolute atomic E-state index is 0.138. The molecule has 2 aliphatic rings. The van der Waals surface area contributed by atoms with Crippen LogP contribution in [0.25, 0.3) is 0 Å². The molecule has 1 amide bonds. The van der Waals surface area contributed by atoms with Crippen LogP contribution in [0.15, 0.2) is 24.3 Å². The van der Waals surface area contributed by atoms with Gasteiger partial charge >= 0.3 is 6.09 Å². The van der Waals surface area contributed by atoms with Gasteiger partial charge < -0.3 is 9.47 Å². The molecule has 1 aromatic heterocycles. The molecular formula is C24H30ClN3O3. The second-order valence-corrected chi connectivity index (χ2v) is 10.3. The monoisotopic (exact) mass is 443 g/mol. The first kappa shape index (κ1) is 21.9. The molecule has 6 nitrogen and oxygen atoms in total. The number of nitrogens with zero attached hydrogens (tertiary/aromatic N) is 3. The van der Waals surface area contributed by atoms with Crippen molar-refractivity contribution < 1.29 is 14.3 Å². The maximum atomic E-state index is 13.3. The summed E-state index contributed by atoms with van der Waals surface area (Å²) < 4.78 is 12.0. The number of carbonyl (C=O) groups excluding carboxylic acids is 1. The van der Waals surface area contributed by atoms with Crippen molar-refractivity contribution in [1.29, 1.82) is 0 Å². The van der Waals surface area contributed by atoms with Crippen molar-refractivity contribution in [3.05, 3.63) is 40.5 Å². The van der Waals surface area contributed by atoms with Crippen LogP contribution in [0.2, 0.25) is 5.15 Å². The Morgan fingerprint density at radius 3 is 2.45 bits per heavy atom. The first-order chi connectivity index (χ1) is 14.6. The van der Waals surface area contributed by atoms with Crippen LogP contribution in [-0.2, 0) is 0 Å². The zero-order valence-electron chi connectivity index (χ0n) is 18.9. The lowest BCUT2D eigenvalue weighted by molar-refractivity contribution is -0.00692. The van der Waals surface area contributed by atoms with E-state index in [0.717, 1.165) is 49.0 Å². The molecule has 1 saturated carbocycles. The molecule has 166 valence electrons. The van der Waals surface area contributed by atoms with Crippen molar-refractivity contribution in [2.45, 2.75) is 83.7 Å². The number of piperidine rings is 1. The van der Waals surface area contributed by atoms with Gasteiger partial charge in [-0.15, -0.1) is 10.2 Å². The molecule has 0 bridgehead atoms. The van der Waals surface area contributed by atoms with Gasteiger partial charge in [0, 0.05) is 17.1 Å². The number of aromatic nitrogens is 2. The topological polar surface area (TPSA) is 64.6 Å². The van der Waals surface area contributed by atoms with Crippen molar-refractivity contribution in [2.75, 3.05) is 0 Å². The molecule has 0 radical (unpaired) electrons. The van der Waals surface area contributed by atoms with Crippen molar-refractivity contribution in [3.63, 3.8) is 0 Å². The zero-order valence-corrected chi connectivity index (χ0v) is 19.6. The molecule has 7 heteroatoms. The minimum atomic E-state index is -0.434. The van der Waals surface area contributed by atoms with Crippen LogP contribution in [0.4, 0.5) is 4.79 Å². The second-order valence-electron chi connectivity index (χ2n) is 9.89. The van der Waals surface area contributed by atoms with Gasteiger partial charge in [-0.05, 0) is 83.8 Å². The highest BCUT2D eigenvalue weighted by molar-refractivity contribution is 6.29. The Bertz CT molecular complexity index is 986. The average Bonchev–Trinajstić information content (AvgIpc) is 3.48. The Morgan fingerprint density at radius 2 is 1.81 bits per heavy atom. The Hall–Kier alpha value is -2.34. The van der Waals surface area contributed by atoms with Crippen molar-refractivity contribution in [1.82, 2.24) is 15.1 Å². The molecule has 1 aliphatic carbocycles. The Morgan fingerprint density at radius 1 is 1.13 bits per heavy atom. The molecule has 0 atom stereocenters. The van der Waals surface area contributed by atoms with E-state index in [9.17, 15) is 4.79 Å². The number of ether oxygens (including phenoxy) is 2. The summed E-state index contributed by atoms with van der Waals surface area (Å²) in [6, 6.07) is 7.59. The van der Waals surface area contributed by atoms with E-state index >= 15 is 0 Å². The smallest absolute Gasteiger partial charge is 0.416 e. The maximum Gasteiger partial charge on any atom is 0.416 e. The third-order valence-corrected chi connectivity index (χ3v) is 6.51. The lowest BCUT2D eigenvalue weighted by Gasteiger charge is -2.51. The number of hydrogen-bond donors (Lipinski definition) is 0. The van der Waals surface area contributed by atoms with E-state index in [4.69, 9.17) is 21.1 Å². The number of para-hydroxylation sites is 1. The number of rotatable bonds is 4. The molecule has 2 heterocycles. The third-order valence-electron chi connectivity index (χ3n) is 6.32. The van der Waals surface area contributed by atoms with Gasteiger partial charge in [-0.1, -0.05) is 29.8 Å². The van der Waals surface area contributed by atoms with Crippen LogP contribution >= 0.6 is 11.6 Å². The standard InChI is InChI=1S/C24H30ClN3O3/c1-15-8-6-9-17(16-10-11-16)20(15)31-21-18(14-19(25)26-27-21)30-22(29)28-23(2,3)12-7-13-24(28,4)5/h6,8-9,14,16H,7,10-13H2,1-5H3. The molecule has 2 aromatic rings. The fourth-order valence-electron chi connectivity index (χ4n) is 4.74. The summed E-state index contributed by atoms with van der Waals surface area (Å²) in [7, 11) is 0. The van der Waals surface area contributed by atoms with Crippen molar-refractivity contribution in [2.24, 2.45) is 0 Å². The summed E-state index contributed by atoms with van der Waals surface area (Å²) in [5, 5.41) is 8.16. The fraction of sp³-hybridized carbons (Fsp3) is 0.542. The predicted molar refractivity (Wildman–Crippen MR) is 120 cm³/mol. The van der Waals surface area contributed by atoms with Gasteiger partial charge in [0.2, 0.25) is 0 Å². The van der Waals surface area contributed by atoms with Crippen LogP contribution in [-0.4, -0.2) is 32.3 Å². The number of likely N-dealkylation sites (tertiary alicyclic amines) is 1. The highest BCUT2D eigenvalue weighted by Crippen LogP contribution is 2.47. The van der Waals surface area contributed by atoms with Gasteiger partial charge in [0.1, 0.15) is 5.75 Å². The average molecular weight is 444 g/mol. The largest absolute Gasteiger partial charge is 0.434 e. The van der Waals surface area contributed by atoms with Gasteiger partial charge in [0.05, 0.1) is 0 Å². The fourth-order valence-corrected chi connectivity index (χ4v) is 4.88. The Balaban J connectivity index is 1.65. The number of carbonyl (C=O) groups is 1. The van der Waals surface area contributed by atoms with Crippen LogP contribution in [0.1, 0.15) is 76.8 Å². The van der Waals surface area contributed by atoms with E-state index in [1.165, 1.54) is 6.07 Å². The lowest BCUT2D eigenvalue weighted by Crippen LogP contribution is -2.61. The van der Waals surface area contributed by atoms with Gasteiger partial charge in [-0.25, -0.2) is 4.79 Å². The Labute approximate surface area is 188 Å². The number of benzene rings is 1. The van der Waals surface area contributed by atoms with Crippen LogP contribution < -0.4 is 9.47 Å². The van der Waals surface area contributed by atoms with Crippen molar-refractivity contribution in [3.8, 4) is 17.4 Å². The minimum Gasteiger partial charge on any atom is -0.434 e. The molecule has 0 N–H and O–H groups in total. The second kappa shape index (κ2) is 7.97. The van der Waals surface area contributed by atoms with E-state index in [2.05, 4.69) is 44.0 Å². The van der Waals surface area contributed by atoms with Crippen LogP contribution in [0, 0.1) is 6.92 Å². The van der Waals surface area contributed by atoms with Crippen molar-refractivity contribution >= 4 is 17.7 Å². The molecule has 31 heavy (non-hydrogen) atoms. The van der Waals surface area contributed by atoms with E-state index < -0.39 is 6.09 Å². The molecule has 1 aromatic carbocycles. The molecule has 1 aliphatic heterocycles.